The average molecular weight is 320 g/mol. The Balaban J connectivity index is 3.25. The van der Waals surface area contributed by atoms with Crippen LogP contribution in [0, 0.1) is 6.92 Å². The fourth-order valence-corrected chi connectivity index (χ4v) is 1.71. The molecule has 0 aliphatic heterocycles. The van der Waals surface area contributed by atoms with Crippen LogP contribution in [0.3, 0.4) is 0 Å². The van der Waals surface area contributed by atoms with Crippen molar-refractivity contribution >= 4 is 12.1 Å². The first kappa shape index (κ1) is 17.8. The van der Waals surface area contributed by atoms with Gasteiger partial charge in [0.2, 0.25) is 0 Å². The molecule has 0 amide bonds. The lowest BCUT2D eigenvalue weighted by atomic mass is 10.0. The van der Waals surface area contributed by atoms with E-state index in [4.69, 9.17) is 14.6 Å². The minimum Gasteiger partial charge on any atom is -0.478 e. The zero-order valence-corrected chi connectivity index (χ0v) is 12.4. The first-order chi connectivity index (χ1) is 9.83. The lowest BCUT2D eigenvalue weighted by Gasteiger charge is -2.20. The smallest absolute Gasteiger partial charge is 0.478 e. The fraction of sp³-hybridized carbons (Fsp3) is 0.429. The molecule has 0 bridgehead atoms. The van der Waals surface area contributed by atoms with E-state index in [0.717, 1.165) is 13.0 Å². The number of benzene rings is 1. The minimum absolute atomic E-state index is 0.507. The number of aromatic carboxylic acids is 1. The van der Waals surface area contributed by atoms with Crippen LogP contribution in [0.5, 0.6) is 5.75 Å². The van der Waals surface area contributed by atoms with E-state index < -0.39 is 46.3 Å². The highest BCUT2D eigenvalue weighted by Crippen LogP contribution is 2.36. The monoisotopic (exact) mass is 320 g/mol. The summed E-state index contributed by atoms with van der Waals surface area (Å²) in [5.74, 6) is -2.14. The third kappa shape index (κ3) is 4.37. The molecular weight excluding hydrogens is 305 g/mol. The molecule has 0 saturated heterocycles. The van der Waals surface area contributed by atoms with Crippen LogP contribution in [0.15, 0.2) is 12.1 Å². The Bertz CT molecular complexity index is 600. The van der Waals surface area contributed by atoms with Gasteiger partial charge in [-0.2, -0.15) is 13.2 Å². The van der Waals surface area contributed by atoms with Gasteiger partial charge in [0.25, 0.3) is 0 Å². The van der Waals surface area contributed by atoms with Gasteiger partial charge in [-0.05, 0) is 45.4 Å². The second-order valence-corrected chi connectivity index (χ2v) is 5.48. The maximum Gasteiger partial charge on any atom is 0.514 e. The molecule has 8 heteroatoms. The Kier molecular flexibility index (Phi) is 4.74. The molecule has 0 unspecified atom stereocenters. The molecule has 0 radical (unpaired) electrons. The van der Waals surface area contributed by atoms with Crippen molar-refractivity contribution in [3.63, 3.8) is 0 Å². The normalized spacial score (nSPS) is 12.0. The van der Waals surface area contributed by atoms with Crippen molar-refractivity contribution in [1.29, 1.82) is 0 Å². The molecule has 0 saturated carbocycles. The van der Waals surface area contributed by atoms with Crippen molar-refractivity contribution in [2.45, 2.75) is 39.5 Å². The van der Waals surface area contributed by atoms with E-state index in [1.165, 1.54) is 0 Å². The van der Waals surface area contributed by atoms with Gasteiger partial charge in [0.05, 0.1) is 5.56 Å². The number of ether oxygens (including phenoxy) is 2. The number of carboxylic acid groups (broad SMARTS) is 1. The number of alkyl halides is 3. The summed E-state index contributed by atoms with van der Waals surface area (Å²) >= 11 is 0. The molecule has 1 N–H and O–H groups in total. The molecule has 22 heavy (non-hydrogen) atoms. The van der Waals surface area contributed by atoms with Gasteiger partial charge in [0.1, 0.15) is 16.9 Å². The minimum atomic E-state index is -4.71. The van der Waals surface area contributed by atoms with Crippen molar-refractivity contribution in [1.82, 2.24) is 0 Å². The maximum absolute atomic E-state index is 12.8. The molecular formula is C14H15F3O5. The first-order valence-electron chi connectivity index (χ1n) is 6.18. The van der Waals surface area contributed by atoms with E-state index in [1.807, 2.05) is 0 Å². The molecule has 0 aromatic heterocycles. The van der Waals surface area contributed by atoms with Crippen LogP contribution in [0.1, 0.15) is 42.3 Å². The second-order valence-electron chi connectivity index (χ2n) is 5.48. The summed E-state index contributed by atoms with van der Waals surface area (Å²) in [5.41, 5.74) is -3.27. The van der Waals surface area contributed by atoms with E-state index in [2.05, 4.69) is 0 Å². The molecule has 0 aliphatic rings. The second kappa shape index (κ2) is 5.86. The third-order valence-electron chi connectivity index (χ3n) is 2.53. The van der Waals surface area contributed by atoms with E-state index in [0.29, 0.717) is 6.07 Å². The van der Waals surface area contributed by atoms with E-state index >= 15 is 0 Å². The van der Waals surface area contributed by atoms with E-state index in [9.17, 15) is 22.8 Å². The first-order valence-corrected chi connectivity index (χ1v) is 6.18. The molecule has 1 rings (SSSR count). The van der Waals surface area contributed by atoms with Gasteiger partial charge < -0.3 is 14.6 Å². The number of halogens is 3. The summed E-state index contributed by atoms with van der Waals surface area (Å²) in [6.45, 7) is 5.67. The van der Waals surface area contributed by atoms with Crippen molar-refractivity contribution in [2.75, 3.05) is 0 Å². The number of carboxylic acids is 1. The number of hydrogen-bond acceptors (Lipinski definition) is 4. The molecule has 122 valence electrons. The Labute approximate surface area is 124 Å². The van der Waals surface area contributed by atoms with Crippen LogP contribution in [-0.2, 0) is 10.9 Å². The highest BCUT2D eigenvalue weighted by atomic mass is 19.4. The van der Waals surface area contributed by atoms with Crippen LogP contribution in [0.2, 0.25) is 0 Å². The fourth-order valence-electron chi connectivity index (χ4n) is 1.71. The van der Waals surface area contributed by atoms with Crippen molar-refractivity contribution in [3.8, 4) is 5.75 Å². The summed E-state index contributed by atoms with van der Waals surface area (Å²) in [6, 6.07) is 1.44. The Morgan fingerprint density at radius 1 is 1.14 bits per heavy atom. The predicted molar refractivity (Wildman–Crippen MR) is 70.0 cm³/mol. The molecule has 0 spiro atoms. The van der Waals surface area contributed by atoms with Crippen molar-refractivity contribution < 1.29 is 37.3 Å². The van der Waals surface area contributed by atoms with Crippen LogP contribution < -0.4 is 4.74 Å². The standard InChI is InChI=1S/C14H15F3O5/c1-7-8(14(15,16)17)5-6-9(10(7)11(18)19)21-12(20)22-13(2,3)4/h5-6H,1-4H3,(H,18,19). The van der Waals surface area contributed by atoms with E-state index in [1.54, 1.807) is 20.8 Å². The molecule has 0 heterocycles. The largest absolute Gasteiger partial charge is 0.514 e. The van der Waals surface area contributed by atoms with Gasteiger partial charge >= 0.3 is 18.3 Å². The summed E-state index contributed by atoms with van der Waals surface area (Å²) in [4.78, 5) is 22.7. The van der Waals surface area contributed by atoms with Crippen molar-refractivity contribution in [3.05, 3.63) is 28.8 Å². The highest BCUT2D eigenvalue weighted by Gasteiger charge is 2.35. The summed E-state index contributed by atoms with van der Waals surface area (Å²) in [6.07, 6.45) is -5.91. The van der Waals surface area contributed by atoms with Crippen LogP contribution in [0.4, 0.5) is 18.0 Å². The van der Waals surface area contributed by atoms with Crippen LogP contribution in [-0.4, -0.2) is 22.8 Å². The molecule has 5 nitrogen and oxygen atoms in total. The number of rotatable bonds is 2. The van der Waals surface area contributed by atoms with Gasteiger partial charge in [-0.1, -0.05) is 0 Å². The van der Waals surface area contributed by atoms with Crippen LogP contribution >= 0.6 is 0 Å². The number of carbonyl (C=O) groups is 2. The van der Waals surface area contributed by atoms with Gasteiger partial charge in [-0.15, -0.1) is 0 Å². The molecule has 1 aromatic carbocycles. The zero-order valence-electron chi connectivity index (χ0n) is 12.4. The third-order valence-corrected chi connectivity index (χ3v) is 2.53. The number of hydrogen-bond donors (Lipinski definition) is 1. The van der Waals surface area contributed by atoms with Crippen LogP contribution in [0.25, 0.3) is 0 Å². The maximum atomic E-state index is 12.8. The average Bonchev–Trinajstić information content (AvgIpc) is 2.23. The Hall–Kier alpha value is -2.25. The quantitative estimate of drug-likeness (QED) is 0.658. The topological polar surface area (TPSA) is 72.8 Å². The molecule has 0 fully saturated rings. The molecule has 1 aromatic rings. The predicted octanol–water partition coefficient (Wildman–Crippen LogP) is 4.03. The van der Waals surface area contributed by atoms with E-state index in [-0.39, 0.29) is 0 Å². The SMILES string of the molecule is Cc1c(C(F)(F)F)ccc(OC(=O)OC(C)(C)C)c1C(=O)O. The van der Waals surface area contributed by atoms with Gasteiger partial charge in [0, 0.05) is 0 Å². The lowest BCUT2D eigenvalue weighted by molar-refractivity contribution is -0.138. The Morgan fingerprint density at radius 2 is 1.68 bits per heavy atom. The van der Waals surface area contributed by atoms with Crippen molar-refractivity contribution in [2.24, 2.45) is 0 Å². The van der Waals surface area contributed by atoms with Gasteiger partial charge in [0.15, 0.2) is 0 Å². The number of carbonyl (C=O) groups excluding carboxylic acids is 1. The molecule has 0 atom stereocenters. The highest BCUT2D eigenvalue weighted by molar-refractivity contribution is 5.93. The van der Waals surface area contributed by atoms with Gasteiger partial charge in [-0.3, -0.25) is 0 Å². The summed E-state index contributed by atoms with van der Waals surface area (Å²) < 4.78 is 47.9. The zero-order chi connectivity index (χ0) is 17.3. The summed E-state index contributed by atoms with van der Waals surface area (Å²) in [7, 11) is 0. The molecule has 0 aliphatic carbocycles. The summed E-state index contributed by atoms with van der Waals surface area (Å²) in [5, 5.41) is 9.08. The Morgan fingerprint density at radius 3 is 2.09 bits per heavy atom. The lowest BCUT2D eigenvalue weighted by Crippen LogP contribution is -2.26. The van der Waals surface area contributed by atoms with Gasteiger partial charge in [-0.25, -0.2) is 9.59 Å².